The van der Waals surface area contributed by atoms with Crippen molar-refractivity contribution in [2.75, 3.05) is 4.90 Å². The Kier molecular flexibility index (Phi) is 7.76. The van der Waals surface area contributed by atoms with Crippen LogP contribution in [0.2, 0.25) is 0 Å². The van der Waals surface area contributed by atoms with Crippen molar-refractivity contribution in [3.8, 4) is 44.5 Å². The molecule has 0 saturated heterocycles. The molecule has 5 aliphatic rings. The van der Waals surface area contributed by atoms with Crippen LogP contribution < -0.4 is 25.6 Å². The van der Waals surface area contributed by atoms with Crippen molar-refractivity contribution < 1.29 is 0 Å². The molecule has 328 valence electrons. The van der Waals surface area contributed by atoms with Gasteiger partial charge in [-0.15, -0.1) is 0 Å². The number of rotatable bonds is 1. The predicted octanol–water partition coefficient (Wildman–Crippen LogP) is 14.1. The Balaban J connectivity index is 1.10. The Morgan fingerprint density at radius 2 is 0.794 bits per heavy atom. The lowest BCUT2D eigenvalue weighted by Gasteiger charge is -2.46. The maximum Gasteiger partial charge on any atom is 0.182 e. The third-order valence-electron chi connectivity index (χ3n) is 17.0. The topological polar surface area (TPSA) is 3.24 Å². The minimum absolute atomic E-state index is 0.00111. The van der Waals surface area contributed by atoms with E-state index in [1.807, 2.05) is 0 Å². The van der Waals surface area contributed by atoms with Gasteiger partial charge in [-0.05, 0) is 151 Å². The first-order chi connectivity index (χ1) is 32.7. The highest BCUT2D eigenvalue weighted by atomic mass is 28.3. The summed E-state index contributed by atoms with van der Waals surface area (Å²) in [7, 11) is -2.89. The summed E-state index contributed by atoms with van der Waals surface area (Å²) in [6.45, 7) is 19.1. The predicted molar refractivity (Wildman–Crippen MR) is 289 cm³/mol. The van der Waals surface area contributed by atoms with Gasteiger partial charge in [0, 0.05) is 11.1 Å². The zero-order chi connectivity index (χ0) is 46.3. The molecule has 2 aliphatic carbocycles. The molecule has 0 atom stereocenters. The highest BCUT2D eigenvalue weighted by molar-refractivity contribution is 7.24. The van der Waals surface area contributed by atoms with E-state index >= 15 is 0 Å². The van der Waals surface area contributed by atoms with Crippen LogP contribution in [-0.4, -0.2) is 8.07 Å². The first-order valence-electron chi connectivity index (χ1n) is 24.7. The summed E-state index contributed by atoms with van der Waals surface area (Å²) in [4.78, 5) is 2.66. The van der Waals surface area contributed by atoms with Gasteiger partial charge in [0.15, 0.2) is 8.07 Å². The van der Waals surface area contributed by atoms with Gasteiger partial charge in [-0.1, -0.05) is 213 Å². The minimum atomic E-state index is -2.89. The summed E-state index contributed by atoms with van der Waals surface area (Å²) in [6, 6.07) is 74.2. The molecule has 0 bridgehead atoms. The van der Waals surface area contributed by atoms with Crippen molar-refractivity contribution in [2.45, 2.75) is 77.0 Å². The maximum absolute atomic E-state index is 2.89. The Morgan fingerprint density at radius 1 is 0.338 bits per heavy atom. The lowest BCUT2D eigenvalue weighted by molar-refractivity contribution is 0.590. The third-order valence-corrected chi connectivity index (χ3v) is 21.9. The molecule has 3 aliphatic heterocycles. The Morgan fingerprint density at radius 3 is 1.38 bits per heavy atom. The molecule has 2 heteroatoms. The maximum atomic E-state index is 2.66. The van der Waals surface area contributed by atoms with Gasteiger partial charge in [0.2, 0.25) is 0 Å². The second-order valence-corrected chi connectivity index (χ2v) is 26.5. The smallest absolute Gasteiger partial charge is 0.182 e. The second kappa shape index (κ2) is 13.2. The van der Waals surface area contributed by atoms with Crippen molar-refractivity contribution in [3.63, 3.8) is 0 Å². The van der Waals surface area contributed by atoms with Crippen LogP contribution in [0.5, 0.6) is 0 Å². The van der Waals surface area contributed by atoms with E-state index in [2.05, 4.69) is 248 Å². The standard InChI is InChI=1S/C66H55NSi/c1-63(2,3)40-29-32-47-48-33-30-41(64(4,5)6)36-61(48)68(60(47)35-40)59-28-18-12-22-46(59)49-34-31-42(37-62(49)68)67-57-27-17-16-26-54(57)66(52-24-14-10-19-43(52)44-20-11-15-25-53(44)66)56-38-50-45-21-9-13-23-51(45)65(7,8)55(50)39-58(56)67/h9-39H,1-8H3. The van der Waals surface area contributed by atoms with Crippen LogP contribution >= 0.6 is 0 Å². The number of hydrogen-bond acceptors (Lipinski definition) is 1. The van der Waals surface area contributed by atoms with Gasteiger partial charge < -0.3 is 4.90 Å². The number of hydrogen-bond donors (Lipinski definition) is 0. The SMILES string of the molecule is CC(C)(C)c1ccc2c(c1)[Si]1(c3ccccc3-c3ccc(N4c5ccccc5C5(c6ccccc6-c6ccccc65)c5cc6c(cc54)C(C)(C)c4ccccc4-6)cc31)c1cc(C(C)(C)C)ccc1-2. The van der Waals surface area contributed by atoms with Crippen molar-refractivity contribution in [1.82, 2.24) is 0 Å². The molecule has 0 aromatic heterocycles. The lowest BCUT2D eigenvalue weighted by atomic mass is 9.64. The van der Waals surface area contributed by atoms with Crippen LogP contribution in [0.15, 0.2) is 188 Å². The van der Waals surface area contributed by atoms with Gasteiger partial charge in [-0.2, -0.15) is 0 Å². The zero-order valence-corrected chi connectivity index (χ0v) is 41.3. The van der Waals surface area contributed by atoms with E-state index in [-0.39, 0.29) is 16.2 Å². The Hall–Kier alpha value is -7.00. The summed E-state index contributed by atoms with van der Waals surface area (Å²) in [6.07, 6.45) is 0. The molecule has 68 heavy (non-hydrogen) atoms. The third kappa shape index (κ3) is 4.82. The highest BCUT2D eigenvalue weighted by Crippen LogP contribution is 2.65. The molecular formula is C66H55NSi. The first kappa shape index (κ1) is 40.1. The van der Waals surface area contributed by atoms with Crippen LogP contribution in [0.25, 0.3) is 44.5 Å². The van der Waals surface area contributed by atoms with Crippen LogP contribution in [0.1, 0.15) is 99.9 Å². The monoisotopic (exact) mass is 889 g/mol. The van der Waals surface area contributed by atoms with Gasteiger partial charge in [0.1, 0.15) is 0 Å². The molecule has 0 radical (unpaired) electrons. The molecule has 0 saturated carbocycles. The summed E-state index contributed by atoms with van der Waals surface area (Å²) in [5.41, 5.74) is 24.9. The number of fused-ring (bicyclic) bond motifs is 22. The van der Waals surface area contributed by atoms with E-state index in [1.54, 1.807) is 0 Å². The van der Waals surface area contributed by atoms with Crippen LogP contribution in [0.3, 0.4) is 0 Å². The molecule has 9 aromatic carbocycles. The fourth-order valence-corrected chi connectivity index (χ4v) is 19.5. The van der Waals surface area contributed by atoms with Crippen LogP contribution in [0, 0.1) is 0 Å². The Bertz CT molecular complexity index is 3590. The molecule has 1 nitrogen and oxygen atoms in total. The van der Waals surface area contributed by atoms with Crippen LogP contribution in [-0.2, 0) is 21.7 Å². The number of para-hydroxylation sites is 1. The molecule has 14 rings (SSSR count). The van der Waals surface area contributed by atoms with Gasteiger partial charge in [-0.25, -0.2) is 0 Å². The molecule has 3 heterocycles. The quantitative estimate of drug-likeness (QED) is 0.148. The average molecular weight is 890 g/mol. The van der Waals surface area contributed by atoms with E-state index in [0.29, 0.717) is 0 Å². The van der Waals surface area contributed by atoms with Crippen molar-refractivity contribution >= 4 is 45.9 Å². The average Bonchev–Trinajstić information content (AvgIpc) is 3.99. The van der Waals surface area contributed by atoms with E-state index in [0.717, 1.165) is 0 Å². The summed E-state index contributed by atoms with van der Waals surface area (Å²) in [5, 5.41) is 6.07. The van der Waals surface area contributed by atoms with E-state index in [1.165, 1.54) is 127 Å². The Labute approximate surface area is 402 Å². The van der Waals surface area contributed by atoms with E-state index in [9.17, 15) is 0 Å². The van der Waals surface area contributed by atoms with Crippen LogP contribution in [0.4, 0.5) is 17.1 Å². The van der Waals surface area contributed by atoms with Gasteiger partial charge in [0.05, 0.1) is 16.8 Å². The molecule has 0 N–H and O–H groups in total. The van der Waals surface area contributed by atoms with Gasteiger partial charge in [-0.3, -0.25) is 0 Å². The lowest BCUT2D eigenvalue weighted by Crippen LogP contribution is -2.71. The van der Waals surface area contributed by atoms with Crippen molar-refractivity contribution in [1.29, 1.82) is 0 Å². The fourth-order valence-electron chi connectivity index (χ4n) is 13.8. The summed E-state index contributed by atoms with van der Waals surface area (Å²) < 4.78 is 0. The highest BCUT2D eigenvalue weighted by Gasteiger charge is 2.56. The minimum Gasteiger partial charge on any atom is -0.310 e. The first-order valence-corrected chi connectivity index (χ1v) is 26.7. The second-order valence-electron chi connectivity index (χ2n) is 22.8. The summed E-state index contributed by atoms with van der Waals surface area (Å²) in [5.74, 6) is 0. The van der Waals surface area contributed by atoms with Gasteiger partial charge >= 0.3 is 0 Å². The molecule has 0 amide bonds. The zero-order valence-electron chi connectivity index (χ0n) is 40.3. The molecule has 0 unspecified atom stereocenters. The summed E-state index contributed by atoms with van der Waals surface area (Å²) >= 11 is 0. The van der Waals surface area contributed by atoms with Crippen molar-refractivity contribution in [2.24, 2.45) is 0 Å². The normalized spacial score (nSPS) is 16.3. The molecule has 2 spiro atoms. The number of benzene rings is 9. The van der Waals surface area contributed by atoms with E-state index in [4.69, 9.17) is 0 Å². The molecule has 9 aromatic rings. The largest absolute Gasteiger partial charge is 0.310 e. The molecular weight excluding hydrogens is 835 g/mol. The fraction of sp³-hybridized carbons (Fsp3) is 0.182. The van der Waals surface area contributed by atoms with E-state index < -0.39 is 13.5 Å². The number of anilines is 3. The molecule has 0 fully saturated rings. The van der Waals surface area contributed by atoms with Gasteiger partial charge in [0.25, 0.3) is 0 Å². The van der Waals surface area contributed by atoms with Crippen molar-refractivity contribution in [3.05, 3.63) is 233 Å². The number of nitrogens with zero attached hydrogens (tertiary/aromatic N) is 1.